The van der Waals surface area contributed by atoms with Crippen LogP contribution >= 0.6 is 22.9 Å². The maximum absolute atomic E-state index is 11.1. The smallest absolute Gasteiger partial charge is 0.311 e. The molecule has 2 heterocycles. The van der Waals surface area contributed by atoms with Crippen molar-refractivity contribution in [2.24, 2.45) is 0 Å². The number of aliphatic hydroxyl groups is 1. The molecule has 0 saturated carbocycles. The third-order valence-corrected chi connectivity index (χ3v) is 3.83. The molecule has 0 atom stereocenters. The van der Waals surface area contributed by atoms with Crippen molar-refractivity contribution in [1.29, 1.82) is 0 Å². The van der Waals surface area contributed by atoms with Gasteiger partial charge in [0.15, 0.2) is 4.47 Å². The third-order valence-electron chi connectivity index (χ3n) is 2.73. The van der Waals surface area contributed by atoms with Gasteiger partial charge >= 0.3 is 5.69 Å². The maximum Gasteiger partial charge on any atom is 0.311 e. The summed E-state index contributed by atoms with van der Waals surface area (Å²) in [6.07, 6.45) is 1.61. The maximum atomic E-state index is 11.1. The standard InChI is InChI=1S/C12H13ClN4O3S/c1-8-2-3-10(17(19)20)11(15-8)16(4-5-18)7-9-6-14-12(13)21-9/h2-3,6,18H,4-5,7H2,1H3. The van der Waals surface area contributed by atoms with E-state index < -0.39 is 4.92 Å². The number of thiazole rings is 1. The number of pyridine rings is 1. The number of nitrogens with zero attached hydrogens (tertiary/aromatic N) is 4. The van der Waals surface area contributed by atoms with E-state index in [0.717, 1.165) is 4.88 Å². The molecule has 0 aliphatic rings. The van der Waals surface area contributed by atoms with Gasteiger partial charge in [0.2, 0.25) is 5.82 Å². The quantitative estimate of drug-likeness (QED) is 0.646. The summed E-state index contributed by atoms with van der Waals surface area (Å²) in [7, 11) is 0. The normalized spacial score (nSPS) is 10.6. The molecule has 0 unspecified atom stereocenters. The Bertz CT molecular complexity index is 649. The van der Waals surface area contributed by atoms with Crippen molar-refractivity contribution >= 4 is 34.4 Å². The summed E-state index contributed by atoms with van der Waals surface area (Å²) in [5.41, 5.74) is 0.575. The predicted molar refractivity (Wildman–Crippen MR) is 80.9 cm³/mol. The van der Waals surface area contributed by atoms with Gasteiger partial charge in [0, 0.05) is 29.4 Å². The minimum absolute atomic E-state index is 0.0929. The van der Waals surface area contributed by atoms with E-state index in [9.17, 15) is 15.2 Å². The first-order valence-corrected chi connectivity index (χ1v) is 7.28. The molecule has 1 N–H and O–H groups in total. The number of aliphatic hydroxyl groups excluding tert-OH is 1. The largest absolute Gasteiger partial charge is 0.395 e. The van der Waals surface area contributed by atoms with Crippen molar-refractivity contribution < 1.29 is 10.0 Å². The second-order valence-electron chi connectivity index (χ2n) is 4.28. The highest BCUT2D eigenvalue weighted by molar-refractivity contribution is 7.15. The SMILES string of the molecule is Cc1ccc([N+](=O)[O-])c(N(CCO)Cc2cnc(Cl)s2)n1. The van der Waals surface area contributed by atoms with Crippen LogP contribution in [-0.4, -0.2) is 33.1 Å². The van der Waals surface area contributed by atoms with Crippen molar-refractivity contribution in [2.75, 3.05) is 18.1 Å². The van der Waals surface area contributed by atoms with E-state index in [2.05, 4.69) is 9.97 Å². The molecule has 0 saturated heterocycles. The van der Waals surface area contributed by atoms with Crippen molar-refractivity contribution in [3.63, 3.8) is 0 Å². The van der Waals surface area contributed by atoms with Crippen LogP contribution in [0.25, 0.3) is 0 Å². The van der Waals surface area contributed by atoms with Gasteiger partial charge < -0.3 is 10.0 Å². The van der Waals surface area contributed by atoms with Crippen molar-refractivity contribution in [3.8, 4) is 0 Å². The number of aryl methyl sites for hydroxylation is 1. The molecule has 2 aromatic heterocycles. The molecule has 0 aromatic carbocycles. The fourth-order valence-corrected chi connectivity index (χ4v) is 2.83. The summed E-state index contributed by atoms with van der Waals surface area (Å²) in [6.45, 7) is 2.20. The molecule has 0 bridgehead atoms. The Morgan fingerprint density at radius 1 is 1.52 bits per heavy atom. The molecule has 21 heavy (non-hydrogen) atoms. The second-order valence-corrected chi connectivity index (χ2v) is 5.97. The van der Waals surface area contributed by atoms with E-state index >= 15 is 0 Å². The number of rotatable bonds is 6. The minimum atomic E-state index is -0.480. The van der Waals surface area contributed by atoms with E-state index in [1.807, 2.05) is 0 Å². The van der Waals surface area contributed by atoms with E-state index in [1.165, 1.54) is 17.4 Å². The van der Waals surface area contributed by atoms with Gasteiger partial charge in [-0.25, -0.2) is 9.97 Å². The Balaban J connectivity index is 2.37. The number of aromatic nitrogens is 2. The van der Waals surface area contributed by atoms with Gasteiger partial charge in [-0.05, 0) is 13.0 Å². The van der Waals surface area contributed by atoms with Crippen LogP contribution in [0.3, 0.4) is 0 Å². The molecular formula is C12H13ClN4O3S. The zero-order valence-corrected chi connectivity index (χ0v) is 12.8. The van der Waals surface area contributed by atoms with Gasteiger partial charge in [-0.3, -0.25) is 10.1 Å². The highest BCUT2D eigenvalue weighted by Crippen LogP contribution is 2.28. The van der Waals surface area contributed by atoms with Gasteiger partial charge in [-0.1, -0.05) is 11.6 Å². The molecule has 0 spiro atoms. The van der Waals surface area contributed by atoms with Crippen molar-refractivity contribution in [2.45, 2.75) is 13.5 Å². The molecule has 0 fully saturated rings. The van der Waals surface area contributed by atoms with Crippen LogP contribution < -0.4 is 4.90 Å². The summed E-state index contributed by atoms with van der Waals surface area (Å²) < 4.78 is 0.403. The molecule has 0 amide bonds. The molecule has 112 valence electrons. The summed E-state index contributed by atoms with van der Waals surface area (Å²) in [6, 6.07) is 3.00. The van der Waals surface area contributed by atoms with Crippen LogP contribution in [0.2, 0.25) is 4.47 Å². The molecule has 9 heteroatoms. The average Bonchev–Trinajstić information content (AvgIpc) is 2.83. The molecule has 2 aromatic rings. The van der Waals surface area contributed by atoms with Crippen molar-refractivity contribution in [3.05, 3.63) is 43.5 Å². The lowest BCUT2D eigenvalue weighted by molar-refractivity contribution is -0.384. The van der Waals surface area contributed by atoms with Crippen molar-refractivity contribution in [1.82, 2.24) is 9.97 Å². The third kappa shape index (κ3) is 3.87. The van der Waals surface area contributed by atoms with Crippen LogP contribution in [0.4, 0.5) is 11.5 Å². The van der Waals surface area contributed by atoms with Crippen LogP contribution in [0, 0.1) is 17.0 Å². The first-order chi connectivity index (χ1) is 10.0. The number of nitro groups is 1. The van der Waals surface area contributed by atoms with Crippen LogP contribution in [0.5, 0.6) is 0 Å². The van der Waals surface area contributed by atoms with Gasteiger partial charge in [-0.2, -0.15) is 0 Å². The highest BCUT2D eigenvalue weighted by atomic mass is 35.5. The van der Waals surface area contributed by atoms with E-state index in [1.54, 1.807) is 24.1 Å². The lowest BCUT2D eigenvalue weighted by Gasteiger charge is -2.21. The highest BCUT2D eigenvalue weighted by Gasteiger charge is 2.22. The van der Waals surface area contributed by atoms with Crippen LogP contribution in [0.1, 0.15) is 10.6 Å². The minimum Gasteiger partial charge on any atom is -0.395 e. The number of anilines is 1. The van der Waals surface area contributed by atoms with E-state index in [-0.39, 0.29) is 24.7 Å². The molecular weight excluding hydrogens is 316 g/mol. The Kier molecular flexibility index (Phi) is 5.05. The first kappa shape index (κ1) is 15.6. The van der Waals surface area contributed by atoms with Crippen LogP contribution in [0.15, 0.2) is 18.3 Å². The fraction of sp³-hybridized carbons (Fsp3) is 0.333. The fourth-order valence-electron chi connectivity index (χ4n) is 1.84. The number of hydrogen-bond acceptors (Lipinski definition) is 7. The molecule has 0 aliphatic heterocycles. The second kappa shape index (κ2) is 6.79. The van der Waals surface area contributed by atoms with Gasteiger partial charge in [0.1, 0.15) is 0 Å². The summed E-state index contributed by atoms with van der Waals surface area (Å²) in [5, 5.41) is 20.3. The number of halogens is 1. The Morgan fingerprint density at radius 3 is 2.86 bits per heavy atom. The van der Waals surface area contributed by atoms with Gasteiger partial charge in [0.25, 0.3) is 0 Å². The average molecular weight is 329 g/mol. The lowest BCUT2D eigenvalue weighted by atomic mass is 10.3. The van der Waals surface area contributed by atoms with Crippen LogP contribution in [-0.2, 0) is 6.54 Å². The molecule has 7 nitrogen and oxygen atoms in total. The zero-order valence-electron chi connectivity index (χ0n) is 11.2. The zero-order chi connectivity index (χ0) is 15.4. The molecule has 0 aliphatic carbocycles. The Labute approximate surface area is 130 Å². The summed E-state index contributed by atoms with van der Waals surface area (Å²) >= 11 is 7.08. The predicted octanol–water partition coefficient (Wildman–Crippen LogP) is 2.41. The number of hydrogen-bond donors (Lipinski definition) is 1. The summed E-state index contributed by atoms with van der Waals surface area (Å²) in [5.74, 6) is 0.235. The molecule has 0 radical (unpaired) electrons. The van der Waals surface area contributed by atoms with E-state index in [4.69, 9.17) is 11.6 Å². The van der Waals surface area contributed by atoms with E-state index in [0.29, 0.717) is 16.7 Å². The lowest BCUT2D eigenvalue weighted by Crippen LogP contribution is -2.27. The summed E-state index contributed by atoms with van der Waals surface area (Å²) in [4.78, 5) is 21.3. The van der Waals surface area contributed by atoms with Gasteiger partial charge in [0.05, 0.1) is 18.1 Å². The molecule has 2 rings (SSSR count). The topological polar surface area (TPSA) is 92.4 Å². The van der Waals surface area contributed by atoms with Gasteiger partial charge in [-0.15, -0.1) is 11.3 Å². The Hall–Kier alpha value is -1.77. The Morgan fingerprint density at radius 2 is 2.29 bits per heavy atom. The first-order valence-electron chi connectivity index (χ1n) is 6.09. The monoisotopic (exact) mass is 328 g/mol.